The molecule has 5 rings (SSSR count). The van der Waals surface area contributed by atoms with Crippen molar-refractivity contribution in [3.05, 3.63) is 79.7 Å². The number of Topliss-reactive ketones (excluding diaryl/α,β-unsaturated/α-hetero) is 2. The van der Waals surface area contributed by atoms with Gasteiger partial charge in [0, 0.05) is 47.8 Å². The number of hydrogen-bond acceptors (Lipinski definition) is 6. The molecule has 1 N–H and O–H groups in total. The van der Waals surface area contributed by atoms with Gasteiger partial charge in [-0.15, -0.1) is 0 Å². The topological polar surface area (TPSA) is 93.1 Å². The lowest BCUT2D eigenvalue weighted by Gasteiger charge is -2.49. The highest BCUT2D eigenvalue weighted by atomic mass is 127. The standard InChI is InChI=1S/C34H38INO6/c1-33(2)15-23-30(25(37)17-33)29(31-24(36(23)12-11-28(39)40)16-34(3,4)18-26(31)38)21-13-22(35)32(27(14-21)41-5)42-19-20-9-7-6-8-10-20/h6-10,13-14,29H,11-12,15-19H2,1-5H3,(H,39,40). The van der Waals surface area contributed by atoms with Crippen molar-refractivity contribution < 1.29 is 29.0 Å². The van der Waals surface area contributed by atoms with Crippen molar-refractivity contribution in [3.8, 4) is 11.5 Å². The number of carbonyl (C=O) groups excluding carboxylic acids is 2. The Kier molecular flexibility index (Phi) is 8.31. The van der Waals surface area contributed by atoms with Gasteiger partial charge in [0.05, 0.1) is 17.1 Å². The SMILES string of the molecule is COc1cc(C2C3=C(CC(C)(C)CC3=O)N(CCC(=O)O)C3=C2C(=O)CC(C)(C)C3)cc(I)c1OCc1ccccc1. The van der Waals surface area contributed by atoms with Gasteiger partial charge in [-0.2, -0.15) is 0 Å². The van der Waals surface area contributed by atoms with E-state index in [-0.39, 0.29) is 35.4 Å². The van der Waals surface area contributed by atoms with Gasteiger partial charge in [-0.05, 0) is 69.5 Å². The Morgan fingerprint density at radius 1 is 0.952 bits per heavy atom. The fraction of sp³-hybridized carbons (Fsp3) is 0.441. The molecule has 0 spiro atoms. The quantitative estimate of drug-likeness (QED) is 0.299. The molecule has 2 aromatic rings. The van der Waals surface area contributed by atoms with Crippen LogP contribution in [0.1, 0.15) is 76.8 Å². The fourth-order valence-electron chi connectivity index (χ4n) is 6.63. The maximum absolute atomic E-state index is 14.0. The molecule has 2 aromatic carbocycles. The van der Waals surface area contributed by atoms with E-state index in [0.717, 1.165) is 26.1 Å². The van der Waals surface area contributed by atoms with Gasteiger partial charge in [0.15, 0.2) is 23.1 Å². The van der Waals surface area contributed by atoms with E-state index in [0.29, 0.717) is 54.9 Å². The molecule has 0 saturated carbocycles. The number of carboxylic acid groups (broad SMARTS) is 1. The van der Waals surface area contributed by atoms with Crippen molar-refractivity contribution in [2.24, 2.45) is 10.8 Å². The summed E-state index contributed by atoms with van der Waals surface area (Å²) in [6, 6.07) is 13.8. The third-order valence-electron chi connectivity index (χ3n) is 8.38. The number of ketones is 2. The normalized spacial score (nSPS) is 19.9. The highest BCUT2D eigenvalue weighted by Gasteiger charge is 2.49. The number of allylic oxidation sites excluding steroid dienone is 4. The number of carboxylic acids is 1. The van der Waals surface area contributed by atoms with E-state index in [1.807, 2.05) is 47.4 Å². The van der Waals surface area contributed by atoms with E-state index in [9.17, 15) is 19.5 Å². The molecule has 7 nitrogen and oxygen atoms in total. The van der Waals surface area contributed by atoms with Crippen LogP contribution in [0.2, 0.25) is 0 Å². The second-order valence-electron chi connectivity index (χ2n) is 13.1. The van der Waals surface area contributed by atoms with Gasteiger partial charge >= 0.3 is 5.97 Å². The number of hydrogen-bond donors (Lipinski definition) is 1. The number of aliphatic carboxylic acids is 1. The van der Waals surface area contributed by atoms with Crippen LogP contribution in [0.3, 0.4) is 0 Å². The van der Waals surface area contributed by atoms with E-state index in [1.165, 1.54) is 0 Å². The Labute approximate surface area is 261 Å². The van der Waals surface area contributed by atoms with Gasteiger partial charge in [-0.1, -0.05) is 58.0 Å². The summed E-state index contributed by atoms with van der Waals surface area (Å²) in [5.74, 6) is -0.287. The lowest BCUT2D eigenvalue weighted by atomic mass is 9.63. The van der Waals surface area contributed by atoms with Crippen LogP contribution >= 0.6 is 22.6 Å². The summed E-state index contributed by atoms with van der Waals surface area (Å²) in [6.07, 6.45) is 1.90. The molecule has 1 heterocycles. The summed E-state index contributed by atoms with van der Waals surface area (Å²) >= 11 is 2.23. The second kappa shape index (κ2) is 11.5. The van der Waals surface area contributed by atoms with Gasteiger partial charge in [-0.3, -0.25) is 14.4 Å². The third-order valence-corrected chi connectivity index (χ3v) is 9.18. The van der Waals surface area contributed by atoms with Crippen LogP contribution < -0.4 is 9.47 Å². The molecular formula is C34H38INO6. The number of benzene rings is 2. The molecule has 0 aromatic heterocycles. The minimum Gasteiger partial charge on any atom is -0.493 e. The van der Waals surface area contributed by atoms with Gasteiger partial charge in [0.1, 0.15) is 6.61 Å². The highest BCUT2D eigenvalue weighted by molar-refractivity contribution is 14.1. The molecule has 0 unspecified atom stereocenters. The number of methoxy groups -OCH3 is 1. The van der Waals surface area contributed by atoms with Crippen molar-refractivity contribution >= 4 is 40.1 Å². The summed E-state index contributed by atoms with van der Waals surface area (Å²) in [4.78, 5) is 41.7. The molecule has 0 bridgehead atoms. The molecule has 0 fully saturated rings. The maximum Gasteiger partial charge on any atom is 0.305 e. The first kappa shape index (κ1) is 30.3. The first-order valence-electron chi connectivity index (χ1n) is 14.4. The minimum atomic E-state index is -0.908. The largest absolute Gasteiger partial charge is 0.493 e. The summed E-state index contributed by atoms with van der Waals surface area (Å²) in [5, 5.41) is 9.59. The Balaban J connectivity index is 1.67. The Morgan fingerprint density at radius 2 is 1.52 bits per heavy atom. The predicted molar refractivity (Wildman–Crippen MR) is 168 cm³/mol. The molecule has 8 heteroatoms. The maximum atomic E-state index is 14.0. The average molecular weight is 684 g/mol. The number of carbonyl (C=O) groups is 3. The first-order valence-corrected chi connectivity index (χ1v) is 15.4. The first-order chi connectivity index (χ1) is 19.8. The molecule has 0 amide bonds. The lowest BCUT2D eigenvalue weighted by molar-refractivity contribution is -0.137. The van der Waals surface area contributed by atoms with Gasteiger partial charge in [-0.25, -0.2) is 0 Å². The van der Waals surface area contributed by atoms with Crippen LogP contribution in [0.5, 0.6) is 11.5 Å². The average Bonchev–Trinajstić information content (AvgIpc) is 2.89. The zero-order valence-electron chi connectivity index (χ0n) is 24.9. The molecule has 0 atom stereocenters. The van der Waals surface area contributed by atoms with E-state index in [2.05, 4.69) is 50.3 Å². The fourth-order valence-corrected chi connectivity index (χ4v) is 7.42. The molecule has 42 heavy (non-hydrogen) atoms. The van der Waals surface area contributed by atoms with E-state index in [1.54, 1.807) is 7.11 Å². The number of halogens is 1. The molecule has 3 aliphatic rings. The van der Waals surface area contributed by atoms with Crippen molar-refractivity contribution in [2.45, 2.75) is 72.3 Å². The van der Waals surface area contributed by atoms with Crippen LogP contribution in [0.25, 0.3) is 0 Å². The van der Waals surface area contributed by atoms with Crippen LogP contribution in [-0.2, 0) is 21.0 Å². The molecule has 2 aliphatic carbocycles. The van der Waals surface area contributed by atoms with Crippen LogP contribution in [0.15, 0.2) is 65.0 Å². The minimum absolute atomic E-state index is 0.00846. The molecule has 0 saturated heterocycles. The number of rotatable bonds is 8. The molecular weight excluding hydrogens is 645 g/mol. The summed E-state index contributed by atoms with van der Waals surface area (Å²) < 4.78 is 12.9. The van der Waals surface area contributed by atoms with Gasteiger partial charge < -0.3 is 19.5 Å². The Morgan fingerprint density at radius 3 is 2.05 bits per heavy atom. The Bertz CT molecular complexity index is 1450. The van der Waals surface area contributed by atoms with Gasteiger partial charge in [0.25, 0.3) is 0 Å². The number of ether oxygens (including phenoxy) is 2. The summed E-state index contributed by atoms with van der Waals surface area (Å²) in [6.45, 7) is 8.89. The smallest absolute Gasteiger partial charge is 0.305 e. The second-order valence-corrected chi connectivity index (χ2v) is 14.3. The van der Waals surface area contributed by atoms with Crippen LogP contribution in [-0.4, -0.2) is 41.2 Å². The van der Waals surface area contributed by atoms with Gasteiger partial charge in [0.2, 0.25) is 0 Å². The van der Waals surface area contributed by atoms with Crippen molar-refractivity contribution in [1.82, 2.24) is 4.90 Å². The van der Waals surface area contributed by atoms with Crippen LogP contribution in [0.4, 0.5) is 0 Å². The lowest BCUT2D eigenvalue weighted by Crippen LogP contribution is -2.45. The van der Waals surface area contributed by atoms with Crippen LogP contribution in [0, 0.1) is 14.4 Å². The molecule has 0 radical (unpaired) electrons. The van der Waals surface area contributed by atoms with Crippen molar-refractivity contribution in [1.29, 1.82) is 0 Å². The molecule has 222 valence electrons. The molecule has 1 aliphatic heterocycles. The summed E-state index contributed by atoms with van der Waals surface area (Å²) in [5.41, 5.74) is 4.20. The Hall–Kier alpha value is -3.14. The van der Waals surface area contributed by atoms with E-state index in [4.69, 9.17) is 9.47 Å². The zero-order chi connectivity index (χ0) is 30.4. The highest BCUT2D eigenvalue weighted by Crippen LogP contribution is 2.55. The number of nitrogens with zero attached hydrogens (tertiary/aromatic N) is 1. The van der Waals surface area contributed by atoms with E-state index >= 15 is 0 Å². The van der Waals surface area contributed by atoms with E-state index < -0.39 is 11.9 Å². The zero-order valence-corrected chi connectivity index (χ0v) is 27.0. The van der Waals surface area contributed by atoms with Crippen molar-refractivity contribution in [3.63, 3.8) is 0 Å². The monoisotopic (exact) mass is 683 g/mol. The van der Waals surface area contributed by atoms with Crippen molar-refractivity contribution in [2.75, 3.05) is 13.7 Å². The third kappa shape index (κ3) is 6.00. The predicted octanol–water partition coefficient (Wildman–Crippen LogP) is 7.04. The summed E-state index contributed by atoms with van der Waals surface area (Å²) in [7, 11) is 1.59.